The number of esters is 1. The van der Waals surface area contributed by atoms with Crippen molar-refractivity contribution >= 4 is 17.3 Å². The summed E-state index contributed by atoms with van der Waals surface area (Å²) in [6.07, 6.45) is 0. The number of hydrogen-bond donors (Lipinski definition) is 2. The third-order valence-corrected chi connectivity index (χ3v) is 2.31. The Bertz CT molecular complexity index is 538. The SMILES string of the molecule is Nc1cccc(OC(=O)c2ccccc2)c1N. The van der Waals surface area contributed by atoms with Crippen molar-refractivity contribution in [3.8, 4) is 5.75 Å². The summed E-state index contributed by atoms with van der Waals surface area (Å²) in [4.78, 5) is 11.8. The summed E-state index contributed by atoms with van der Waals surface area (Å²) in [6.45, 7) is 0. The Balaban J connectivity index is 2.22. The number of benzene rings is 2. The number of rotatable bonds is 2. The molecule has 0 amide bonds. The molecule has 0 aromatic heterocycles. The quantitative estimate of drug-likeness (QED) is 0.468. The van der Waals surface area contributed by atoms with Gasteiger partial charge in [-0.25, -0.2) is 4.79 Å². The Labute approximate surface area is 98.8 Å². The van der Waals surface area contributed by atoms with Gasteiger partial charge in [-0.1, -0.05) is 24.3 Å². The van der Waals surface area contributed by atoms with Crippen LogP contribution in [0.1, 0.15) is 10.4 Å². The molecular formula is C13H12N2O2. The fourth-order valence-corrected chi connectivity index (χ4v) is 1.38. The fourth-order valence-electron chi connectivity index (χ4n) is 1.38. The second-order valence-corrected chi connectivity index (χ2v) is 3.51. The van der Waals surface area contributed by atoms with Gasteiger partial charge in [-0.15, -0.1) is 0 Å². The third-order valence-electron chi connectivity index (χ3n) is 2.31. The molecule has 0 saturated carbocycles. The number of ether oxygens (including phenoxy) is 1. The first-order chi connectivity index (χ1) is 8.18. The first kappa shape index (κ1) is 11.0. The molecule has 86 valence electrons. The molecule has 0 aliphatic carbocycles. The van der Waals surface area contributed by atoms with Gasteiger partial charge in [0.25, 0.3) is 0 Å². The van der Waals surface area contributed by atoms with Gasteiger partial charge in [0, 0.05) is 0 Å². The molecule has 0 spiro atoms. The minimum absolute atomic E-state index is 0.275. The van der Waals surface area contributed by atoms with Crippen LogP contribution in [-0.2, 0) is 0 Å². The van der Waals surface area contributed by atoms with Crippen molar-refractivity contribution in [3.05, 3.63) is 54.1 Å². The van der Waals surface area contributed by atoms with E-state index in [2.05, 4.69) is 0 Å². The number of carbonyl (C=O) groups excluding carboxylic acids is 1. The molecule has 0 heterocycles. The van der Waals surface area contributed by atoms with Crippen LogP contribution < -0.4 is 16.2 Å². The highest BCUT2D eigenvalue weighted by atomic mass is 16.5. The average Bonchev–Trinajstić information content (AvgIpc) is 2.36. The molecule has 0 atom stereocenters. The van der Waals surface area contributed by atoms with E-state index in [1.165, 1.54) is 0 Å². The molecule has 2 aromatic carbocycles. The average molecular weight is 228 g/mol. The number of anilines is 2. The minimum Gasteiger partial charge on any atom is -0.421 e. The molecule has 0 aliphatic heterocycles. The number of carbonyl (C=O) groups is 1. The topological polar surface area (TPSA) is 78.3 Å². The van der Waals surface area contributed by atoms with Crippen molar-refractivity contribution in [2.75, 3.05) is 11.5 Å². The Kier molecular flexibility index (Phi) is 2.96. The zero-order chi connectivity index (χ0) is 12.3. The first-order valence-corrected chi connectivity index (χ1v) is 5.09. The minimum atomic E-state index is -0.456. The Hall–Kier alpha value is -2.49. The van der Waals surface area contributed by atoms with E-state index in [4.69, 9.17) is 16.2 Å². The van der Waals surface area contributed by atoms with E-state index in [-0.39, 0.29) is 11.4 Å². The summed E-state index contributed by atoms with van der Waals surface area (Å²) in [7, 11) is 0. The van der Waals surface area contributed by atoms with E-state index in [0.29, 0.717) is 11.3 Å². The van der Waals surface area contributed by atoms with Gasteiger partial charge in [0.1, 0.15) is 0 Å². The molecule has 2 aromatic rings. The second kappa shape index (κ2) is 4.57. The molecule has 2 rings (SSSR count). The highest BCUT2D eigenvalue weighted by Crippen LogP contribution is 2.27. The van der Waals surface area contributed by atoms with Crippen LogP contribution in [0.15, 0.2) is 48.5 Å². The lowest BCUT2D eigenvalue weighted by atomic mass is 10.2. The lowest BCUT2D eigenvalue weighted by Crippen LogP contribution is -2.10. The Morgan fingerprint density at radius 3 is 2.35 bits per heavy atom. The van der Waals surface area contributed by atoms with E-state index >= 15 is 0 Å². The van der Waals surface area contributed by atoms with Gasteiger partial charge in [0.05, 0.1) is 16.9 Å². The summed E-state index contributed by atoms with van der Waals surface area (Å²) in [5.41, 5.74) is 12.5. The molecule has 4 nitrogen and oxygen atoms in total. The molecule has 4 N–H and O–H groups in total. The van der Waals surface area contributed by atoms with Gasteiger partial charge in [0.15, 0.2) is 5.75 Å². The van der Waals surface area contributed by atoms with Gasteiger partial charge in [0.2, 0.25) is 0 Å². The number of hydrogen-bond acceptors (Lipinski definition) is 4. The maximum Gasteiger partial charge on any atom is 0.343 e. The molecule has 0 fully saturated rings. The van der Waals surface area contributed by atoms with E-state index in [0.717, 1.165) is 0 Å². The third kappa shape index (κ3) is 2.36. The van der Waals surface area contributed by atoms with Crippen molar-refractivity contribution < 1.29 is 9.53 Å². The van der Waals surface area contributed by atoms with Crippen LogP contribution in [0.2, 0.25) is 0 Å². The van der Waals surface area contributed by atoms with Gasteiger partial charge >= 0.3 is 5.97 Å². The molecule has 4 heteroatoms. The van der Waals surface area contributed by atoms with E-state index < -0.39 is 5.97 Å². The van der Waals surface area contributed by atoms with E-state index in [9.17, 15) is 4.79 Å². The number of nitrogen functional groups attached to an aromatic ring is 2. The van der Waals surface area contributed by atoms with Gasteiger partial charge in [-0.2, -0.15) is 0 Å². The lowest BCUT2D eigenvalue weighted by molar-refractivity contribution is 0.0736. The molecule has 0 unspecified atom stereocenters. The predicted octanol–water partition coefficient (Wildman–Crippen LogP) is 2.07. The number of para-hydroxylation sites is 1. The van der Waals surface area contributed by atoms with Crippen LogP contribution in [-0.4, -0.2) is 5.97 Å². The van der Waals surface area contributed by atoms with E-state index in [1.807, 2.05) is 6.07 Å². The predicted molar refractivity (Wildman–Crippen MR) is 66.7 cm³/mol. The fraction of sp³-hybridized carbons (Fsp3) is 0. The smallest absolute Gasteiger partial charge is 0.343 e. The second-order valence-electron chi connectivity index (χ2n) is 3.51. The summed E-state index contributed by atoms with van der Waals surface area (Å²) < 4.78 is 5.17. The monoisotopic (exact) mass is 228 g/mol. The van der Waals surface area contributed by atoms with Crippen molar-refractivity contribution in [2.24, 2.45) is 0 Å². The molecule has 0 bridgehead atoms. The normalized spacial score (nSPS) is 9.88. The largest absolute Gasteiger partial charge is 0.421 e. The zero-order valence-electron chi connectivity index (χ0n) is 9.09. The van der Waals surface area contributed by atoms with Crippen molar-refractivity contribution in [1.29, 1.82) is 0 Å². The molecule has 17 heavy (non-hydrogen) atoms. The van der Waals surface area contributed by atoms with Crippen LogP contribution >= 0.6 is 0 Å². The summed E-state index contributed by atoms with van der Waals surface area (Å²) in [5, 5.41) is 0. The maximum absolute atomic E-state index is 11.8. The molecule has 0 radical (unpaired) electrons. The first-order valence-electron chi connectivity index (χ1n) is 5.09. The Morgan fingerprint density at radius 2 is 1.65 bits per heavy atom. The summed E-state index contributed by atoms with van der Waals surface area (Å²) in [6, 6.07) is 13.6. The van der Waals surface area contributed by atoms with Crippen LogP contribution in [0.5, 0.6) is 5.75 Å². The maximum atomic E-state index is 11.8. The molecule has 0 aliphatic rings. The zero-order valence-corrected chi connectivity index (χ0v) is 9.09. The van der Waals surface area contributed by atoms with Crippen LogP contribution in [0, 0.1) is 0 Å². The van der Waals surface area contributed by atoms with Gasteiger partial charge in [-0.05, 0) is 24.3 Å². The van der Waals surface area contributed by atoms with Gasteiger partial charge in [-0.3, -0.25) is 0 Å². The van der Waals surface area contributed by atoms with Crippen LogP contribution in [0.4, 0.5) is 11.4 Å². The Morgan fingerprint density at radius 1 is 0.941 bits per heavy atom. The van der Waals surface area contributed by atoms with Crippen molar-refractivity contribution in [2.45, 2.75) is 0 Å². The molecular weight excluding hydrogens is 216 g/mol. The molecule has 0 saturated heterocycles. The van der Waals surface area contributed by atoms with E-state index in [1.54, 1.807) is 42.5 Å². The standard InChI is InChI=1S/C13H12N2O2/c14-10-7-4-8-11(12(10)15)17-13(16)9-5-2-1-3-6-9/h1-8H,14-15H2. The summed E-state index contributed by atoms with van der Waals surface area (Å²) >= 11 is 0. The number of nitrogens with two attached hydrogens (primary N) is 2. The van der Waals surface area contributed by atoms with Crippen LogP contribution in [0.3, 0.4) is 0 Å². The van der Waals surface area contributed by atoms with Gasteiger partial charge < -0.3 is 16.2 Å². The highest BCUT2D eigenvalue weighted by molar-refractivity contribution is 5.92. The lowest BCUT2D eigenvalue weighted by Gasteiger charge is -2.08. The van der Waals surface area contributed by atoms with Crippen molar-refractivity contribution in [1.82, 2.24) is 0 Å². The highest BCUT2D eigenvalue weighted by Gasteiger charge is 2.10. The van der Waals surface area contributed by atoms with Crippen molar-refractivity contribution in [3.63, 3.8) is 0 Å². The summed E-state index contributed by atoms with van der Waals surface area (Å²) in [5.74, 6) is -0.179. The van der Waals surface area contributed by atoms with Crippen LogP contribution in [0.25, 0.3) is 0 Å².